The molecule has 1 rings (SSSR count). The van der Waals surface area contributed by atoms with Crippen LogP contribution in [-0.4, -0.2) is 11.6 Å². The van der Waals surface area contributed by atoms with E-state index in [2.05, 4.69) is 17.7 Å². The fraction of sp³-hybridized carbons (Fsp3) is 0.846. The fourth-order valence-corrected chi connectivity index (χ4v) is 2.61. The first kappa shape index (κ1) is 13.1. The minimum Gasteiger partial charge on any atom is -0.282 e. The zero-order valence-electron chi connectivity index (χ0n) is 10.0. The van der Waals surface area contributed by atoms with Crippen LogP contribution in [-0.2, 0) is 0 Å². The molecule has 15 heavy (non-hydrogen) atoms. The summed E-state index contributed by atoms with van der Waals surface area (Å²) in [6, 6.07) is 0. The third-order valence-electron chi connectivity index (χ3n) is 2.81. The van der Waals surface area contributed by atoms with Crippen LogP contribution in [0, 0.1) is 5.75 Å². The lowest BCUT2D eigenvalue weighted by Gasteiger charge is -2.01. The summed E-state index contributed by atoms with van der Waals surface area (Å²) in [5.74, 6) is 2.19. The Morgan fingerprint density at radius 2 is 1.73 bits per heavy atom. The van der Waals surface area contributed by atoms with E-state index in [1.807, 2.05) is 11.8 Å². The van der Waals surface area contributed by atoms with Crippen molar-refractivity contribution in [1.29, 1.82) is 0 Å². The molecule has 1 radical (unpaired) electrons. The van der Waals surface area contributed by atoms with Gasteiger partial charge in [0.2, 0.25) is 0 Å². The second-order valence-electron chi connectivity index (χ2n) is 4.24. The lowest BCUT2D eigenvalue weighted by molar-refractivity contribution is 0.580. The molecule has 1 nitrogen and oxygen atoms in total. The lowest BCUT2D eigenvalue weighted by atomic mass is 10.1. The van der Waals surface area contributed by atoms with Gasteiger partial charge in [-0.05, 0) is 12.8 Å². The third kappa shape index (κ3) is 6.99. The Hall–Kier alpha value is 0.0200. The van der Waals surface area contributed by atoms with E-state index in [0.717, 1.165) is 6.54 Å². The maximum atomic E-state index is 4.42. The normalized spacial score (nSPS) is 15.7. The van der Waals surface area contributed by atoms with Crippen LogP contribution in [0.5, 0.6) is 0 Å². The molecule has 2 heteroatoms. The quantitative estimate of drug-likeness (QED) is 0.513. The highest BCUT2D eigenvalue weighted by Crippen LogP contribution is 2.21. The molecule has 0 aromatic rings. The van der Waals surface area contributed by atoms with Crippen molar-refractivity contribution in [3.8, 4) is 0 Å². The van der Waals surface area contributed by atoms with E-state index in [1.165, 1.54) is 62.8 Å². The molecule has 1 aliphatic rings. The molecule has 0 N–H and O–H groups in total. The molecule has 1 heterocycles. The Labute approximate surface area is 99.1 Å². The number of nitrogens with zero attached hydrogens (tertiary/aromatic N) is 1. The number of aliphatic imine (C=N–C) groups is 1. The van der Waals surface area contributed by atoms with Crippen molar-refractivity contribution in [3.63, 3.8) is 0 Å². The minimum absolute atomic E-state index is 0.941. The maximum Gasteiger partial charge on any atom is 0.0680 e. The second-order valence-corrected chi connectivity index (χ2v) is 5.28. The molecule has 1 aliphatic heterocycles. The molecule has 0 aliphatic carbocycles. The molecule has 0 amide bonds. The van der Waals surface area contributed by atoms with Crippen molar-refractivity contribution in [1.82, 2.24) is 0 Å². The van der Waals surface area contributed by atoms with Crippen LogP contribution >= 0.6 is 11.8 Å². The molecule has 0 aromatic heterocycles. The standard InChI is InChI=1S/C13H24NS/c1-2-3-4-5-6-7-8-9-10-13-14-11-12-15-13/h12H,2-11H2,1H3. The first-order valence-corrected chi connectivity index (χ1v) is 7.33. The van der Waals surface area contributed by atoms with Crippen LogP contribution in [0.25, 0.3) is 0 Å². The Balaban J connectivity index is 1.77. The van der Waals surface area contributed by atoms with E-state index in [0.29, 0.717) is 0 Å². The lowest BCUT2D eigenvalue weighted by Crippen LogP contribution is -1.88. The molecule has 87 valence electrons. The smallest absolute Gasteiger partial charge is 0.0680 e. The SMILES string of the molecule is CCCCCCCCCCC1=NC[CH]S1. The van der Waals surface area contributed by atoms with Crippen molar-refractivity contribution >= 4 is 16.8 Å². The highest BCUT2D eigenvalue weighted by atomic mass is 32.2. The summed E-state index contributed by atoms with van der Waals surface area (Å²) in [7, 11) is 0. The summed E-state index contributed by atoms with van der Waals surface area (Å²) < 4.78 is 0. The number of rotatable bonds is 9. The van der Waals surface area contributed by atoms with Crippen molar-refractivity contribution < 1.29 is 0 Å². The third-order valence-corrected chi connectivity index (χ3v) is 3.73. The molecule has 0 aromatic carbocycles. The predicted molar refractivity (Wildman–Crippen MR) is 71.4 cm³/mol. The second kappa shape index (κ2) is 9.26. The van der Waals surface area contributed by atoms with E-state index >= 15 is 0 Å². The maximum absolute atomic E-state index is 4.42. The number of unbranched alkanes of at least 4 members (excludes halogenated alkanes) is 7. The molecule has 0 atom stereocenters. The Morgan fingerprint density at radius 3 is 2.33 bits per heavy atom. The van der Waals surface area contributed by atoms with Gasteiger partial charge < -0.3 is 0 Å². The summed E-state index contributed by atoms with van der Waals surface area (Å²) in [5.41, 5.74) is 0. The van der Waals surface area contributed by atoms with Gasteiger partial charge in [-0.25, -0.2) is 0 Å². The van der Waals surface area contributed by atoms with Gasteiger partial charge in [-0.3, -0.25) is 4.99 Å². The zero-order chi connectivity index (χ0) is 10.8. The van der Waals surface area contributed by atoms with E-state index in [9.17, 15) is 0 Å². The van der Waals surface area contributed by atoms with Crippen molar-refractivity contribution in [2.45, 2.75) is 64.7 Å². The summed E-state index contributed by atoms with van der Waals surface area (Å²) in [5, 5.41) is 1.36. The highest BCUT2D eigenvalue weighted by Gasteiger charge is 2.05. The first-order chi connectivity index (χ1) is 7.43. The number of hydrogen-bond donors (Lipinski definition) is 0. The Morgan fingerprint density at radius 1 is 1.07 bits per heavy atom. The monoisotopic (exact) mass is 226 g/mol. The molecule has 0 spiro atoms. The average molecular weight is 226 g/mol. The van der Waals surface area contributed by atoms with Crippen LogP contribution in [0.1, 0.15) is 64.7 Å². The van der Waals surface area contributed by atoms with Gasteiger partial charge in [0.05, 0.1) is 11.6 Å². The molecular weight excluding hydrogens is 202 g/mol. The van der Waals surface area contributed by atoms with Gasteiger partial charge in [-0.15, -0.1) is 11.8 Å². The Bertz CT molecular complexity index is 177. The topological polar surface area (TPSA) is 12.4 Å². The van der Waals surface area contributed by atoms with Crippen LogP contribution in [0.3, 0.4) is 0 Å². The molecule has 0 fully saturated rings. The molecule has 0 bridgehead atoms. The molecule has 0 saturated carbocycles. The van der Waals surface area contributed by atoms with Gasteiger partial charge in [0.25, 0.3) is 0 Å². The van der Waals surface area contributed by atoms with Crippen LogP contribution < -0.4 is 0 Å². The van der Waals surface area contributed by atoms with Gasteiger partial charge in [0.15, 0.2) is 0 Å². The summed E-state index contributed by atoms with van der Waals surface area (Å²) in [6.07, 6.45) is 12.5. The molecular formula is C13H24NS. The average Bonchev–Trinajstić information content (AvgIpc) is 2.75. The van der Waals surface area contributed by atoms with Crippen LogP contribution in [0.15, 0.2) is 4.99 Å². The van der Waals surface area contributed by atoms with Crippen molar-refractivity contribution in [2.24, 2.45) is 4.99 Å². The summed E-state index contributed by atoms with van der Waals surface area (Å²) in [4.78, 5) is 4.42. The van der Waals surface area contributed by atoms with Gasteiger partial charge in [-0.2, -0.15) is 0 Å². The predicted octanol–water partition coefficient (Wildman–Crippen LogP) is 4.82. The van der Waals surface area contributed by atoms with E-state index in [4.69, 9.17) is 0 Å². The van der Waals surface area contributed by atoms with Gasteiger partial charge in [0.1, 0.15) is 0 Å². The minimum atomic E-state index is 0.941. The molecule has 0 saturated heterocycles. The largest absolute Gasteiger partial charge is 0.282 e. The van der Waals surface area contributed by atoms with Crippen molar-refractivity contribution in [2.75, 3.05) is 6.54 Å². The van der Waals surface area contributed by atoms with Crippen LogP contribution in [0.2, 0.25) is 0 Å². The van der Waals surface area contributed by atoms with Gasteiger partial charge in [0, 0.05) is 5.75 Å². The van der Waals surface area contributed by atoms with Crippen molar-refractivity contribution in [3.05, 3.63) is 5.75 Å². The van der Waals surface area contributed by atoms with E-state index in [-0.39, 0.29) is 0 Å². The first-order valence-electron chi connectivity index (χ1n) is 6.45. The molecule has 0 unspecified atom stereocenters. The fourth-order valence-electron chi connectivity index (χ4n) is 1.86. The van der Waals surface area contributed by atoms with Gasteiger partial charge in [-0.1, -0.05) is 51.9 Å². The summed E-state index contributed by atoms with van der Waals surface area (Å²) in [6.45, 7) is 3.22. The van der Waals surface area contributed by atoms with E-state index < -0.39 is 0 Å². The highest BCUT2D eigenvalue weighted by molar-refractivity contribution is 8.15. The van der Waals surface area contributed by atoms with Gasteiger partial charge >= 0.3 is 0 Å². The zero-order valence-corrected chi connectivity index (χ0v) is 10.8. The van der Waals surface area contributed by atoms with Crippen LogP contribution in [0.4, 0.5) is 0 Å². The van der Waals surface area contributed by atoms with E-state index in [1.54, 1.807) is 0 Å². The number of hydrogen-bond acceptors (Lipinski definition) is 2. The summed E-state index contributed by atoms with van der Waals surface area (Å²) >= 11 is 1.84. The number of thioether (sulfide) groups is 1. The Kier molecular flexibility index (Phi) is 8.08.